The average molecular weight is 163 g/mol. The Bertz CT molecular complexity index is 331. The van der Waals surface area contributed by atoms with E-state index in [1.165, 1.54) is 19.2 Å². The minimum atomic E-state index is -0.102. The molecule has 12 heavy (non-hydrogen) atoms. The van der Waals surface area contributed by atoms with Crippen LogP contribution in [0, 0.1) is 0 Å². The van der Waals surface area contributed by atoms with Gasteiger partial charge in [0.1, 0.15) is 0 Å². The van der Waals surface area contributed by atoms with Crippen molar-refractivity contribution in [1.82, 2.24) is 4.98 Å². The maximum atomic E-state index is 10.9. The molecule has 3 heteroatoms. The van der Waals surface area contributed by atoms with E-state index in [1.54, 1.807) is 6.07 Å². The van der Waals surface area contributed by atoms with E-state index in [9.17, 15) is 4.79 Å². The summed E-state index contributed by atoms with van der Waals surface area (Å²) in [7, 11) is 0. The maximum absolute atomic E-state index is 10.9. The number of carbonyl (C=O) groups excluding carboxylic acids is 1. The molecule has 0 aliphatic heterocycles. The smallest absolute Gasteiger partial charge is 0.218 e. The number of ketones is 1. The highest BCUT2D eigenvalue weighted by atomic mass is 16.3. The molecule has 0 fully saturated rings. The molecule has 1 rings (SSSR count). The van der Waals surface area contributed by atoms with Crippen LogP contribution in [0.4, 0.5) is 0 Å². The SMILES string of the molecule is C=Cc1cc(C(C)=O)cnc1O. The van der Waals surface area contributed by atoms with Gasteiger partial charge in [0.15, 0.2) is 5.78 Å². The number of nitrogens with zero attached hydrogens (tertiary/aromatic N) is 1. The van der Waals surface area contributed by atoms with E-state index in [2.05, 4.69) is 11.6 Å². The van der Waals surface area contributed by atoms with Gasteiger partial charge in [-0.25, -0.2) is 4.98 Å². The number of aromatic nitrogens is 1. The summed E-state index contributed by atoms with van der Waals surface area (Å²) in [5, 5.41) is 9.12. The highest BCUT2D eigenvalue weighted by molar-refractivity contribution is 5.94. The van der Waals surface area contributed by atoms with Crippen LogP contribution in [0.25, 0.3) is 6.08 Å². The van der Waals surface area contributed by atoms with Crippen molar-refractivity contribution in [2.45, 2.75) is 6.92 Å². The average Bonchev–Trinajstić information content (AvgIpc) is 2.05. The van der Waals surface area contributed by atoms with Gasteiger partial charge in [-0.3, -0.25) is 4.79 Å². The zero-order valence-electron chi connectivity index (χ0n) is 6.74. The molecule has 0 unspecified atom stereocenters. The Kier molecular flexibility index (Phi) is 2.24. The molecule has 1 N–H and O–H groups in total. The molecule has 3 nitrogen and oxygen atoms in total. The summed E-state index contributed by atoms with van der Waals surface area (Å²) in [6.45, 7) is 4.93. The molecule has 0 aromatic carbocycles. The third kappa shape index (κ3) is 1.50. The van der Waals surface area contributed by atoms with Crippen molar-refractivity contribution in [3.05, 3.63) is 30.0 Å². The van der Waals surface area contributed by atoms with Crippen molar-refractivity contribution in [3.8, 4) is 5.88 Å². The molecule has 1 aromatic heterocycles. The van der Waals surface area contributed by atoms with Crippen LogP contribution < -0.4 is 0 Å². The van der Waals surface area contributed by atoms with Crippen LogP contribution in [0.2, 0.25) is 0 Å². The van der Waals surface area contributed by atoms with Crippen LogP contribution in [0.3, 0.4) is 0 Å². The maximum Gasteiger partial charge on any atom is 0.218 e. The Hall–Kier alpha value is -1.64. The second kappa shape index (κ2) is 3.17. The molecule has 0 aliphatic carbocycles. The number of aromatic hydroxyl groups is 1. The number of hydrogen-bond donors (Lipinski definition) is 1. The largest absolute Gasteiger partial charge is 0.493 e. The first-order chi connectivity index (χ1) is 5.65. The Balaban J connectivity index is 3.22. The fourth-order valence-corrected chi connectivity index (χ4v) is 0.817. The molecule has 0 bridgehead atoms. The van der Waals surface area contributed by atoms with Crippen LogP contribution in [0.5, 0.6) is 5.88 Å². The predicted octanol–water partition coefficient (Wildman–Crippen LogP) is 1.63. The monoisotopic (exact) mass is 163 g/mol. The van der Waals surface area contributed by atoms with E-state index in [0.29, 0.717) is 11.1 Å². The molecule has 62 valence electrons. The zero-order valence-corrected chi connectivity index (χ0v) is 6.74. The van der Waals surface area contributed by atoms with E-state index in [1.807, 2.05) is 0 Å². The first-order valence-electron chi connectivity index (χ1n) is 3.47. The van der Waals surface area contributed by atoms with E-state index in [0.717, 1.165) is 0 Å². The second-order valence-corrected chi connectivity index (χ2v) is 2.40. The highest BCUT2D eigenvalue weighted by Crippen LogP contribution is 2.15. The van der Waals surface area contributed by atoms with Crippen molar-refractivity contribution >= 4 is 11.9 Å². The van der Waals surface area contributed by atoms with Crippen molar-refractivity contribution in [1.29, 1.82) is 0 Å². The van der Waals surface area contributed by atoms with Gasteiger partial charge < -0.3 is 5.11 Å². The van der Waals surface area contributed by atoms with E-state index in [4.69, 9.17) is 5.11 Å². The molecule has 0 radical (unpaired) electrons. The summed E-state index contributed by atoms with van der Waals surface area (Å²) in [4.78, 5) is 14.5. The lowest BCUT2D eigenvalue weighted by molar-refractivity contribution is 0.101. The molecule has 1 heterocycles. The molecule has 0 amide bonds. The third-order valence-electron chi connectivity index (χ3n) is 1.52. The number of pyridine rings is 1. The summed E-state index contributed by atoms with van der Waals surface area (Å²) in [6.07, 6.45) is 2.79. The number of Topliss-reactive ketones (excluding diaryl/α,β-unsaturated/α-hetero) is 1. The molecular weight excluding hydrogens is 154 g/mol. The Labute approximate surface area is 70.4 Å². The van der Waals surface area contributed by atoms with Crippen LogP contribution in [0.1, 0.15) is 22.8 Å². The molecule has 1 aromatic rings. The van der Waals surface area contributed by atoms with E-state index in [-0.39, 0.29) is 11.7 Å². The minimum absolute atomic E-state index is 0.0781. The van der Waals surface area contributed by atoms with Crippen LogP contribution in [-0.2, 0) is 0 Å². The van der Waals surface area contributed by atoms with Crippen LogP contribution >= 0.6 is 0 Å². The first-order valence-corrected chi connectivity index (χ1v) is 3.47. The van der Waals surface area contributed by atoms with Crippen LogP contribution in [0.15, 0.2) is 18.8 Å². The fourth-order valence-electron chi connectivity index (χ4n) is 0.817. The third-order valence-corrected chi connectivity index (χ3v) is 1.52. The van der Waals surface area contributed by atoms with Gasteiger partial charge in [-0.2, -0.15) is 0 Å². The standard InChI is InChI=1S/C9H9NO2/c1-3-7-4-8(6(2)11)5-10-9(7)12/h3-5H,1H2,2H3,(H,10,12). The highest BCUT2D eigenvalue weighted by Gasteiger charge is 2.03. The van der Waals surface area contributed by atoms with Gasteiger partial charge in [0, 0.05) is 17.3 Å². The fraction of sp³-hybridized carbons (Fsp3) is 0.111. The lowest BCUT2D eigenvalue weighted by atomic mass is 10.1. The molecule has 0 saturated carbocycles. The van der Waals surface area contributed by atoms with E-state index >= 15 is 0 Å². The van der Waals surface area contributed by atoms with Crippen molar-refractivity contribution in [2.24, 2.45) is 0 Å². The van der Waals surface area contributed by atoms with Gasteiger partial charge in [0.05, 0.1) is 0 Å². The lowest BCUT2D eigenvalue weighted by Gasteiger charge is -1.99. The second-order valence-electron chi connectivity index (χ2n) is 2.40. The van der Waals surface area contributed by atoms with Crippen molar-refractivity contribution in [3.63, 3.8) is 0 Å². The predicted molar refractivity (Wildman–Crippen MR) is 46.0 cm³/mol. The topological polar surface area (TPSA) is 50.2 Å². The normalized spacial score (nSPS) is 9.42. The summed E-state index contributed by atoms with van der Waals surface area (Å²) < 4.78 is 0. The summed E-state index contributed by atoms with van der Waals surface area (Å²) in [5.41, 5.74) is 0.949. The van der Waals surface area contributed by atoms with Gasteiger partial charge in [-0.05, 0) is 13.0 Å². The number of rotatable bonds is 2. The lowest BCUT2D eigenvalue weighted by Crippen LogP contribution is -1.94. The quantitative estimate of drug-likeness (QED) is 0.674. The minimum Gasteiger partial charge on any atom is -0.493 e. The summed E-state index contributed by atoms with van der Waals surface area (Å²) in [5.74, 6) is -0.180. The first kappa shape index (κ1) is 8.46. The molecule has 0 saturated heterocycles. The Morgan fingerprint density at radius 1 is 1.75 bits per heavy atom. The Morgan fingerprint density at radius 3 is 2.92 bits per heavy atom. The van der Waals surface area contributed by atoms with E-state index < -0.39 is 0 Å². The van der Waals surface area contributed by atoms with Crippen molar-refractivity contribution in [2.75, 3.05) is 0 Å². The van der Waals surface area contributed by atoms with Gasteiger partial charge in [0.2, 0.25) is 5.88 Å². The molecule has 0 atom stereocenters. The van der Waals surface area contributed by atoms with Crippen molar-refractivity contribution < 1.29 is 9.90 Å². The molecule has 0 spiro atoms. The number of carbonyl (C=O) groups is 1. The molecule has 0 aliphatic rings. The number of hydrogen-bond acceptors (Lipinski definition) is 3. The summed E-state index contributed by atoms with van der Waals surface area (Å²) >= 11 is 0. The zero-order chi connectivity index (χ0) is 9.14. The Morgan fingerprint density at radius 2 is 2.42 bits per heavy atom. The molecular formula is C9H9NO2. The van der Waals surface area contributed by atoms with Gasteiger partial charge in [-0.1, -0.05) is 12.7 Å². The van der Waals surface area contributed by atoms with Gasteiger partial charge >= 0.3 is 0 Å². The van der Waals surface area contributed by atoms with Gasteiger partial charge in [0.25, 0.3) is 0 Å². The summed E-state index contributed by atoms with van der Waals surface area (Å²) in [6, 6.07) is 1.55. The van der Waals surface area contributed by atoms with Gasteiger partial charge in [-0.15, -0.1) is 0 Å². The van der Waals surface area contributed by atoms with Crippen LogP contribution in [-0.4, -0.2) is 15.9 Å².